The fraction of sp³-hybridized carbons (Fsp3) is 0.933. The van der Waals surface area contributed by atoms with Crippen LogP contribution in [0.5, 0.6) is 0 Å². The minimum Gasteiger partial charge on any atom is -0.328 e. The summed E-state index contributed by atoms with van der Waals surface area (Å²) in [5, 5.41) is 0. The van der Waals surface area contributed by atoms with Crippen molar-refractivity contribution < 1.29 is 29.6 Å². The first-order chi connectivity index (χ1) is 7.27. The van der Waals surface area contributed by atoms with Crippen molar-refractivity contribution in [2.75, 3.05) is 0 Å². The van der Waals surface area contributed by atoms with Gasteiger partial charge in [-0.3, -0.25) is 0 Å². The van der Waals surface area contributed by atoms with Crippen molar-refractivity contribution in [2.45, 2.75) is 85.0 Å². The summed E-state index contributed by atoms with van der Waals surface area (Å²) in [6, 6.07) is 0. The normalized spacial score (nSPS) is 10.5. The van der Waals surface area contributed by atoms with Gasteiger partial charge in [0.2, 0.25) is 0 Å². The molecule has 0 heterocycles. The molecule has 0 atom stereocenters. The van der Waals surface area contributed by atoms with Gasteiger partial charge in [0, 0.05) is 0 Å². The molecule has 0 saturated carbocycles. The van der Waals surface area contributed by atoms with Crippen LogP contribution >= 0.6 is 0 Å². The molecule has 0 aromatic heterocycles. The molecule has 0 bridgehead atoms. The van der Waals surface area contributed by atoms with Crippen LogP contribution < -0.4 is 29.6 Å². The van der Waals surface area contributed by atoms with Gasteiger partial charge in [0.25, 0.3) is 0 Å². The zero-order valence-corrected chi connectivity index (χ0v) is 14.2. The molecule has 0 saturated heterocycles. The van der Waals surface area contributed by atoms with E-state index in [0.717, 1.165) is 5.92 Å². The van der Waals surface area contributed by atoms with Crippen molar-refractivity contribution in [3.63, 3.8) is 0 Å². The van der Waals surface area contributed by atoms with Gasteiger partial charge < -0.3 is 6.42 Å². The van der Waals surface area contributed by atoms with Crippen LogP contribution in [0, 0.1) is 12.3 Å². The van der Waals surface area contributed by atoms with Crippen molar-refractivity contribution in [1.82, 2.24) is 0 Å². The molecule has 0 aliphatic heterocycles. The van der Waals surface area contributed by atoms with Crippen LogP contribution in [0.1, 0.15) is 85.0 Å². The molecule has 0 aromatic rings. The van der Waals surface area contributed by atoms with Crippen LogP contribution in [0.4, 0.5) is 0 Å². The van der Waals surface area contributed by atoms with Gasteiger partial charge in [-0.25, -0.2) is 0 Å². The second kappa shape index (κ2) is 16.0. The molecule has 0 aromatic carbocycles. The topological polar surface area (TPSA) is 0 Å². The Balaban J connectivity index is 0. The van der Waals surface area contributed by atoms with E-state index in [1.54, 1.807) is 0 Å². The third-order valence-corrected chi connectivity index (χ3v) is 2.96. The monoisotopic (exact) mass is 234 g/mol. The third kappa shape index (κ3) is 17.4. The molecule has 0 spiro atoms. The van der Waals surface area contributed by atoms with E-state index in [4.69, 9.17) is 0 Å². The van der Waals surface area contributed by atoms with Gasteiger partial charge in [0.1, 0.15) is 0 Å². The Morgan fingerprint density at radius 3 is 1.94 bits per heavy atom. The van der Waals surface area contributed by atoms with Crippen LogP contribution in [0.3, 0.4) is 0 Å². The molecule has 0 amide bonds. The standard InChI is InChI=1S/C15H31.Na/c1-4-5-6-7-8-9-10-11-12-13-14-15(2)3;/h12,15H,4-11,13-14H2,1-3H3;/q-1;+1. The molecule has 1 heteroatoms. The van der Waals surface area contributed by atoms with Crippen LogP contribution in [0.25, 0.3) is 0 Å². The number of rotatable bonds is 11. The maximum Gasteiger partial charge on any atom is 1.00 e. The predicted octanol–water partition coefficient (Wildman–Crippen LogP) is 2.77. The minimum absolute atomic E-state index is 0. The number of hydrogen-bond donors (Lipinski definition) is 0. The summed E-state index contributed by atoms with van der Waals surface area (Å²) in [5.41, 5.74) is 0. The molecule has 0 nitrogen and oxygen atoms in total. The molecule has 0 fully saturated rings. The van der Waals surface area contributed by atoms with E-state index < -0.39 is 0 Å². The fourth-order valence-electron chi connectivity index (χ4n) is 1.84. The van der Waals surface area contributed by atoms with E-state index in [1.165, 1.54) is 64.2 Å². The van der Waals surface area contributed by atoms with E-state index in [0.29, 0.717) is 0 Å². The van der Waals surface area contributed by atoms with Crippen LogP contribution in [-0.2, 0) is 0 Å². The molecule has 0 aliphatic rings. The maximum absolute atomic E-state index is 2.49. The Labute approximate surface area is 126 Å². The molecular formula is C15H31Na. The predicted molar refractivity (Wildman–Crippen MR) is 71.0 cm³/mol. The summed E-state index contributed by atoms with van der Waals surface area (Å²) in [5.74, 6) is 0.871. The van der Waals surface area contributed by atoms with E-state index in [9.17, 15) is 0 Å². The number of hydrogen-bond acceptors (Lipinski definition) is 0. The summed E-state index contributed by atoms with van der Waals surface area (Å²) in [6.07, 6.45) is 16.6. The summed E-state index contributed by atoms with van der Waals surface area (Å²) in [7, 11) is 0. The summed E-state index contributed by atoms with van der Waals surface area (Å²) in [4.78, 5) is 0. The van der Waals surface area contributed by atoms with Gasteiger partial charge in [-0.05, 0) is 5.92 Å². The maximum atomic E-state index is 2.49. The van der Waals surface area contributed by atoms with Crippen molar-refractivity contribution in [1.29, 1.82) is 0 Å². The first kappa shape index (κ1) is 19.3. The third-order valence-electron chi connectivity index (χ3n) is 2.96. The van der Waals surface area contributed by atoms with Crippen LogP contribution in [0.2, 0.25) is 0 Å². The molecular weight excluding hydrogens is 203 g/mol. The average Bonchev–Trinajstić information content (AvgIpc) is 2.20. The van der Waals surface area contributed by atoms with Gasteiger partial charge in [-0.1, -0.05) is 72.1 Å². The molecule has 0 rings (SSSR count). The Hall–Kier alpha value is 1.00. The van der Waals surface area contributed by atoms with Gasteiger partial charge in [-0.15, -0.1) is 0 Å². The van der Waals surface area contributed by atoms with Gasteiger partial charge in [0.15, 0.2) is 0 Å². The van der Waals surface area contributed by atoms with Crippen molar-refractivity contribution in [3.05, 3.63) is 6.42 Å². The van der Waals surface area contributed by atoms with Gasteiger partial charge in [0.05, 0.1) is 0 Å². The molecule has 16 heavy (non-hydrogen) atoms. The fourth-order valence-corrected chi connectivity index (χ4v) is 1.84. The van der Waals surface area contributed by atoms with Crippen molar-refractivity contribution >= 4 is 0 Å². The quantitative estimate of drug-likeness (QED) is 0.293. The molecule has 92 valence electrons. The SMILES string of the molecule is CCCCCCCCC[CH-]CCC(C)C.[Na+]. The Morgan fingerprint density at radius 1 is 0.812 bits per heavy atom. The summed E-state index contributed by atoms with van der Waals surface area (Å²) >= 11 is 0. The van der Waals surface area contributed by atoms with Crippen LogP contribution in [0.15, 0.2) is 0 Å². The Kier molecular flexibility index (Phi) is 19.3. The molecule has 0 N–H and O–H groups in total. The zero-order chi connectivity index (χ0) is 11.4. The second-order valence-electron chi connectivity index (χ2n) is 5.17. The largest absolute Gasteiger partial charge is 1.00 e. The van der Waals surface area contributed by atoms with E-state index in [2.05, 4.69) is 27.2 Å². The summed E-state index contributed by atoms with van der Waals surface area (Å²) in [6.45, 7) is 6.90. The van der Waals surface area contributed by atoms with Crippen molar-refractivity contribution in [3.8, 4) is 0 Å². The first-order valence-corrected chi connectivity index (χ1v) is 7.09. The van der Waals surface area contributed by atoms with Crippen molar-refractivity contribution in [2.24, 2.45) is 5.92 Å². The zero-order valence-electron chi connectivity index (χ0n) is 12.2. The average molecular weight is 234 g/mol. The van der Waals surface area contributed by atoms with E-state index in [-0.39, 0.29) is 29.6 Å². The molecule has 0 aliphatic carbocycles. The van der Waals surface area contributed by atoms with Gasteiger partial charge >= 0.3 is 29.6 Å². The number of unbranched alkanes of at least 4 members (excludes halogenated alkanes) is 9. The van der Waals surface area contributed by atoms with E-state index in [1.807, 2.05) is 0 Å². The molecule has 0 radical (unpaired) electrons. The van der Waals surface area contributed by atoms with E-state index >= 15 is 0 Å². The van der Waals surface area contributed by atoms with Gasteiger partial charge in [-0.2, -0.15) is 12.8 Å². The summed E-state index contributed by atoms with van der Waals surface area (Å²) < 4.78 is 0. The Morgan fingerprint density at radius 2 is 1.38 bits per heavy atom. The molecule has 0 unspecified atom stereocenters. The smallest absolute Gasteiger partial charge is 0.328 e. The first-order valence-electron chi connectivity index (χ1n) is 7.09. The second-order valence-corrected chi connectivity index (χ2v) is 5.17. The minimum atomic E-state index is 0. The Bertz CT molecular complexity index is 110. The van der Waals surface area contributed by atoms with Crippen LogP contribution in [-0.4, -0.2) is 0 Å².